The zero-order valence-electron chi connectivity index (χ0n) is 15.1. The first kappa shape index (κ1) is 16.4. The second-order valence-electron chi connectivity index (χ2n) is 8.24. The van der Waals surface area contributed by atoms with Gasteiger partial charge in [0.05, 0.1) is 7.11 Å². The molecule has 1 aromatic rings. The molecule has 25 heavy (non-hydrogen) atoms. The Morgan fingerprint density at radius 3 is 2.44 bits per heavy atom. The molecule has 1 heterocycles. The van der Waals surface area contributed by atoms with Gasteiger partial charge in [-0.1, -0.05) is 24.3 Å². The topological polar surface area (TPSA) is 58.6 Å². The molecule has 5 heteroatoms. The number of hydrogen-bond acceptors (Lipinski definition) is 3. The Morgan fingerprint density at radius 1 is 1.20 bits per heavy atom. The van der Waals surface area contributed by atoms with Gasteiger partial charge in [-0.25, -0.2) is 4.79 Å². The number of carbonyl (C=O) groups excluding carboxylic acids is 2. The summed E-state index contributed by atoms with van der Waals surface area (Å²) in [5.41, 5.74) is 2.52. The maximum atomic E-state index is 12.7. The lowest BCUT2D eigenvalue weighted by Crippen LogP contribution is -2.58. The van der Waals surface area contributed by atoms with Crippen LogP contribution in [-0.2, 0) is 9.53 Å². The van der Waals surface area contributed by atoms with E-state index in [1.165, 1.54) is 18.2 Å². The Labute approximate surface area is 148 Å². The van der Waals surface area contributed by atoms with Crippen LogP contribution < -0.4 is 5.32 Å². The van der Waals surface area contributed by atoms with E-state index in [9.17, 15) is 9.59 Å². The van der Waals surface area contributed by atoms with Crippen LogP contribution in [0.3, 0.4) is 0 Å². The van der Waals surface area contributed by atoms with Crippen molar-refractivity contribution in [2.75, 3.05) is 20.2 Å². The third-order valence-electron chi connectivity index (χ3n) is 6.39. The summed E-state index contributed by atoms with van der Waals surface area (Å²) in [5.74, 6) is 2.20. The molecule has 1 saturated heterocycles. The van der Waals surface area contributed by atoms with E-state index in [1.54, 1.807) is 0 Å². The number of nitrogens with one attached hydrogen (secondary N) is 1. The first-order chi connectivity index (χ1) is 11.9. The molecule has 1 aliphatic heterocycles. The summed E-state index contributed by atoms with van der Waals surface area (Å²) in [6, 6.07) is 8.61. The molecular formula is C20H26N2O3. The zero-order valence-corrected chi connectivity index (χ0v) is 15.1. The van der Waals surface area contributed by atoms with Gasteiger partial charge in [-0.15, -0.1) is 0 Å². The lowest BCUT2D eigenvalue weighted by atomic mass is 9.69. The fraction of sp³-hybridized carbons (Fsp3) is 0.600. The molecule has 0 radical (unpaired) electrons. The van der Waals surface area contributed by atoms with Crippen molar-refractivity contribution in [1.29, 1.82) is 0 Å². The van der Waals surface area contributed by atoms with E-state index in [-0.39, 0.29) is 17.4 Å². The molecule has 1 aromatic carbocycles. The predicted octanol–water partition coefficient (Wildman–Crippen LogP) is 2.69. The van der Waals surface area contributed by atoms with Gasteiger partial charge in [0.2, 0.25) is 5.91 Å². The van der Waals surface area contributed by atoms with Gasteiger partial charge in [0, 0.05) is 24.5 Å². The molecule has 3 aliphatic rings. The summed E-state index contributed by atoms with van der Waals surface area (Å²) >= 11 is 0. The number of piperidine rings is 1. The molecule has 4 rings (SSSR count). The second kappa shape index (κ2) is 5.75. The average Bonchev–Trinajstić information content (AvgIpc) is 3.04. The molecule has 0 spiro atoms. The monoisotopic (exact) mass is 342 g/mol. The van der Waals surface area contributed by atoms with Crippen molar-refractivity contribution in [2.24, 2.45) is 17.8 Å². The Morgan fingerprint density at radius 2 is 1.84 bits per heavy atom. The van der Waals surface area contributed by atoms with E-state index in [1.807, 2.05) is 11.8 Å². The van der Waals surface area contributed by atoms with Gasteiger partial charge in [-0.3, -0.25) is 4.79 Å². The van der Waals surface area contributed by atoms with E-state index in [4.69, 9.17) is 0 Å². The minimum absolute atomic E-state index is 0.0385. The third kappa shape index (κ3) is 2.79. The number of carbonyl (C=O) groups is 2. The molecule has 3 atom stereocenters. The molecule has 2 saturated carbocycles. The number of hydrogen-bond donors (Lipinski definition) is 1. The van der Waals surface area contributed by atoms with Gasteiger partial charge in [-0.05, 0) is 55.6 Å². The fourth-order valence-corrected chi connectivity index (χ4v) is 4.99. The first-order valence-electron chi connectivity index (χ1n) is 9.12. The molecule has 0 aromatic heterocycles. The number of rotatable bonds is 3. The number of ether oxygens (including phenoxy) is 1. The molecule has 5 nitrogen and oxygen atoms in total. The average molecular weight is 342 g/mol. The molecule has 2 amide bonds. The van der Waals surface area contributed by atoms with Crippen LogP contribution in [0.2, 0.25) is 0 Å². The zero-order chi connectivity index (χ0) is 17.8. The van der Waals surface area contributed by atoms with Crippen molar-refractivity contribution in [3.8, 4) is 0 Å². The molecule has 134 valence electrons. The Kier molecular flexibility index (Phi) is 3.78. The summed E-state index contributed by atoms with van der Waals surface area (Å²) < 4.78 is 4.66. The number of nitrogens with zero attached hydrogens (tertiary/aromatic N) is 1. The summed E-state index contributed by atoms with van der Waals surface area (Å²) in [6.07, 6.45) is 0.985. The first-order valence-corrected chi connectivity index (χ1v) is 9.12. The standard InChI is InChI=1S/C20H26N2O3/c1-12-6-4-5-7-14(12)17-15-10-22(11-16(15)17)18(23)13-8-20(2,9-13)21-19(24)25-3/h4-7,13,15-17H,8-11H2,1-3H3,(H,21,24)/t13?,15-,16+,17?,20?. The number of aryl methyl sites for hydroxylation is 1. The molecule has 2 aliphatic carbocycles. The van der Waals surface area contributed by atoms with E-state index < -0.39 is 6.09 Å². The van der Waals surface area contributed by atoms with E-state index >= 15 is 0 Å². The largest absolute Gasteiger partial charge is 0.453 e. The van der Waals surface area contributed by atoms with Gasteiger partial charge >= 0.3 is 6.09 Å². The molecule has 3 fully saturated rings. The van der Waals surface area contributed by atoms with Crippen molar-refractivity contribution in [2.45, 2.75) is 38.1 Å². The third-order valence-corrected chi connectivity index (χ3v) is 6.39. The molecule has 1 N–H and O–H groups in total. The van der Waals surface area contributed by atoms with Crippen LogP contribution in [0, 0.1) is 24.7 Å². The van der Waals surface area contributed by atoms with Gasteiger partial charge < -0.3 is 15.0 Å². The minimum Gasteiger partial charge on any atom is -0.453 e. The van der Waals surface area contributed by atoms with E-state index in [0.717, 1.165) is 13.1 Å². The molecule has 1 unspecified atom stereocenters. The van der Waals surface area contributed by atoms with Gasteiger partial charge in [0.25, 0.3) is 0 Å². The highest BCUT2D eigenvalue weighted by Crippen LogP contribution is 2.59. The number of benzene rings is 1. The van der Waals surface area contributed by atoms with Crippen LogP contribution in [0.5, 0.6) is 0 Å². The molecule has 0 bridgehead atoms. The van der Waals surface area contributed by atoms with Crippen LogP contribution in [0.15, 0.2) is 24.3 Å². The Balaban J connectivity index is 1.30. The number of methoxy groups -OCH3 is 1. The second-order valence-corrected chi connectivity index (χ2v) is 8.24. The van der Waals surface area contributed by atoms with Gasteiger partial charge in [0.1, 0.15) is 0 Å². The van der Waals surface area contributed by atoms with Gasteiger partial charge in [0.15, 0.2) is 0 Å². The Hall–Kier alpha value is -2.04. The van der Waals surface area contributed by atoms with E-state index in [0.29, 0.717) is 30.6 Å². The van der Waals surface area contributed by atoms with Crippen LogP contribution in [-0.4, -0.2) is 42.6 Å². The fourth-order valence-electron chi connectivity index (χ4n) is 4.99. The van der Waals surface area contributed by atoms with Crippen molar-refractivity contribution in [1.82, 2.24) is 10.2 Å². The van der Waals surface area contributed by atoms with Crippen molar-refractivity contribution in [3.63, 3.8) is 0 Å². The van der Waals surface area contributed by atoms with Crippen LogP contribution >= 0.6 is 0 Å². The minimum atomic E-state index is -0.420. The quantitative estimate of drug-likeness (QED) is 0.919. The van der Waals surface area contributed by atoms with Crippen LogP contribution in [0.25, 0.3) is 0 Å². The summed E-state index contributed by atoms with van der Waals surface area (Å²) in [7, 11) is 1.36. The van der Waals surface area contributed by atoms with Crippen LogP contribution in [0.4, 0.5) is 4.79 Å². The lowest BCUT2D eigenvalue weighted by Gasteiger charge is -2.45. The van der Waals surface area contributed by atoms with Crippen molar-refractivity contribution in [3.05, 3.63) is 35.4 Å². The summed E-state index contributed by atoms with van der Waals surface area (Å²) in [4.78, 5) is 26.1. The maximum absolute atomic E-state index is 12.7. The Bertz CT molecular complexity index is 699. The number of alkyl carbamates (subject to hydrolysis) is 1. The van der Waals surface area contributed by atoms with Gasteiger partial charge in [-0.2, -0.15) is 0 Å². The summed E-state index contributed by atoms with van der Waals surface area (Å²) in [6.45, 7) is 5.93. The number of fused-ring (bicyclic) bond motifs is 1. The predicted molar refractivity (Wildman–Crippen MR) is 94.1 cm³/mol. The lowest BCUT2D eigenvalue weighted by molar-refractivity contribution is -0.140. The normalized spacial score (nSPS) is 35.6. The molecular weight excluding hydrogens is 316 g/mol. The maximum Gasteiger partial charge on any atom is 0.407 e. The highest BCUT2D eigenvalue weighted by Gasteiger charge is 2.58. The van der Waals surface area contributed by atoms with Crippen LogP contribution in [0.1, 0.15) is 36.8 Å². The number of amides is 2. The highest BCUT2D eigenvalue weighted by atomic mass is 16.5. The summed E-state index contributed by atoms with van der Waals surface area (Å²) in [5, 5.41) is 2.84. The van der Waals surface area contributed by atoms with Crippen molar-refractivity contribution >= 4 is 12.0 Å². The smallest absolute Gasteiger partial charge is 0.407 e. The SMILES string of the molecule is COC(=O)NC1(C)CC(C(=O)N2C[C@@H]3C(c4ccccc4C)[C@@H]3C2)C1. The number of likely N-dealkylation sites (tertiary alicyclic amines) is 1. The highest BCUT2D eigenvalue weighted by molar-refractivity contribution is 5.81. The van der Waals surface area contributed by atoms with E-state index in [2.05, 4.69) is 41.2 Å². The van der Waals surface area contributed by atoms with Crippen molar-refractivity contribution < 1.29 is 14.3 Å².